The normalized spacial score (nSPS) is 11.1. The number of nitrogens with one attached hydrogen (secondary N) is 2. The second-order valence-electron chi connectivity index (χ2n) is 5.50. The number of aromatic nitrogens is 3. The number of rotatable bonds is 5. The summed E-state index contributed by atoms with van der Waals surface area (Å²) >= 11 is 2.53. The third-order valence-electron chi connectivity index (χ3n) is 3.82. The van der Waals surface area contributed by atoms with Crippen molar-refractivity contribution in [1.29, 1.82) is 0 Å². The van der Waals surface area contributed by atoms with E-state index in [4.69, 9.17) is 0 Å². The fraction of sp³-hybridized carbons (Fsp3) is 0.0556. The Bertz CT molecular complexity index is 1130. The van der Waals surface area contributed by atoms with E-state index in [2.05, 4.69) is 15.0 Å². The van der Waals surface area contributed by atoms with E-state index >= 15 is 0 Å². The van der Waals surface area contributed by atoms with Crippen molar-refractivity contribution in [3.63, 3.8) is 0 Å². The predicted octanol–water partition coefficient (Wildman–Crippen LogP) is 4.09. The molecule has 0 spiro atoms. The molecule has 4 aromatic rings. The minimum atomic E-state index is -0.328. The molecule has 130 valence electrons. The summed E-state index contributed by atoms with van der Waals surface area (Å²) < 4.78 is 13.1. The number of benzene rings is 1. The van der Waals surface area contributed by atoms with Gasteiger partial charge in [-0.1, -0.05) is 23.9 Å². The van der Waals surface area contributed by atoms with E-state index in [1.165, 1.54) is 35.2 Å². The first-order chi connectivity index (χ1) is 12.6. The molecule has 0 aliphatic carbocycles. The molecule has 3 heterocycles. The van der Waals surface area contributed by atoms with E-state index in [0.29, 0.717) is 21.1 Å². The van der Waals surface area contributed by atoms with Gasteiger partial charge >= 0.3 is 0 Å². The fourth-order valence-electron chi connectivity index (χ4n) is 2.55. The van der Waals surface area contributed by atoms with Crippen molar-refractivity contribution in [2.24, 2.45) is 0 Å². The topological polar surface area (TPSA) is 78.6 Å². The molecule has 26 heavy (non-hydrogen) atoms. The van der Waals surface area contributed by atoms with Crippen LogP contribution in [0, 0.1) is 5.82 Å². The number of ketones is 1. The van der Waals surface area contributed by atoms with Gasteiger partial charge in [-0.2, -0.15) is 0 Å². The Hall–Kier alpha value is -2.71. The molecule has 2 N–H and O–H groups in total. The van der Waals surface area contributed by atoms with Gasteiger partial charge in [-0.05, 0) is 29.8 Å². The van der Waals surface area contributed by atoms with Gasteiger partial charge in [0.05, 0.1) is 16.8 Å². The quantitative estimate of drug-likeness (QED) is 0.308. The first-order valence-corrected chi connectivity index (χ1v) is 9.55. The van der Waals surface area contributed by atoms with E-state index < -0.39 is 0 Å². The van der Waals surface area contributed by atoms with Gasteiger partial charge in [-0.25, -0.2) is 9.37 Å². The van der Waals surface area contributed by atoms with E-state index in [1.54, 1.807) is 30.5 Å². The second kappa shape index (κ2) is 6.89. The summed E-state index contributed by atoms with van der Waals surface area (Å²) in [7, 11) is 0. The number of thioether (sulfide) groups is 1. The van der Waals surface area contributed by atoms with Crippen LogP contribution >= 0.6 is 23.1 Å². The summed E-state index contributed by atoms with van der Waals surface area (Å²) in [4.78, 5) is 35.2. The number of carbonyl (C=O) groups excluding carboxylic acids is 1. The average Bonchev–Trinajstić information content (AvgIpc) is 3.30. The van der Waals surface area contributed by atoms with Crippen LogP contribution in [0.1, 0.15) is 10.5 Å². The summed E-state index contributed by atoms with van der Waals surface area (Å²) in [6.07, 6.45) is 1.69. The number of hydrogen-bond donors (Lipinski definition) is 2. The number of halogens is 1. The summed E-state index contributed by atoms with van der Waals surface area (Å²) in [6.45, 7) is 0. The Kier molecular flexibility index (Phi) is 4.44. The highest BCUT2D eigenvalue weighted by Crippen LogP contribution is 2.31. The molecule has 8 heteroatoms. The van der Waals surface area contributed by atoms with Crippen molar-refractivity contribution >= 4 is 39.1 Å². The van der Waals surface area contributed by atoms with Crippen LogP contribution in [0.4, 0.5) is 4.39 Å². The zero-order valence-electron chi connectivity index (χ0n) is 13.3. The van der Waals surface area contributed by atoms with Gasteiger partial charge < -0.3 is 9.97 Å². The van der Waals surface area contributed by atoms with Crippen molar-refractivity contribution in [2.75, 3.05) is 5.75 Å². The molecule has 1 aromatic carbocycles. The largest absolute Gasteiger partial charge is 0.359 e. The highest BCUT2D eigenvalue weighted by molar-refractivity contribution is 7.99. The number of thiophene rings is 1. The Labute approximate surface area is 155 Å². The molecule has 0 atom stereocenters. The van der Waals surface area contributed by atoms with E-state index in [0.717, 1.165) is 11.1 Å². The third-order valence-corrected chi connectivity index (χ3v) is 5.56. The molecule has 0 radical (unpaired) electrons. The number of aromatic amines is 2. The Morgan fingerprint density at radius 3 is 2.77 bits per heavy atom. The van der Waals surface area contributed by atoms with Crippen molar-refractivity contribution in [1.82, 2.24) is 15.0 Å². The zero-order chi connectivity index (χ0) is 18.1. The lowest BCUT2D eigenvalue weighted by atomic mass is 10.1. The molecule has 4 rings (SSSR count). The molecule has 0 saturated heterocycles. The van der Waals surface area contributed by atoms with Crippen LogP contribution in [0.5, 0.6) is 0 Å². The minimum absolute atomic E-state index is 0.0686. The monoisotopic (exact) mass is 385 g/mol. The van der Waals surface area contributed by atoms with E-state index in [1.807, 2.05) is 5.38 Å². The predicted molar refractivity (Wildman–Crippen MR) is 101 cm³/mol. The van der Waals surface area contributed by atoms with E-state index in [-0.39, 0.29) is 22.9 Å². The number of hydrogen-bond acceptors (Lipinski definition) is 5. The molecular weight excluding hydrogens is 373 g/mol. The molecule has 5 nitrogen and oxygen atoms in total. The molecule has 0 amide bonds. The second-order valence-corrected chi connectivity index (χ2v) is 7.33. The maximum Gasteiger partial charge on any atom is 0.260 e. The summed E-state index contributed by atoms with van der Waals surface area (Å²) in [5, 5.41) is 2.70. The lowest BCUT2D eigenvalue weighted by molar-refractivity contribution is 0.101. The van der Waals surface area contributed by atoms with Crippen LogP contribution in [0.25, 0.3) is 21.3 Å². The molecule has 0 aliphatic rings. The number of fused-ring (bicyclic) bond motifs is 1. The first kappa shape index (κ1) is 16.7. The smallest absolute Gasteiger partial charge is 0.260 e. The maximum absolute atomic E-state index is 13.1. The first-order valence-electron chi connectivity index (χ1n) is 7.68. The Morgan fingerprint density at radius 1 is 1.23 bits per heavy atom. The molecule has 0 aliphatic heterocycles. The van der Waals surface area contributed by atoms with Crippen LogP contribution in [-0.2, 0) is 0 Å². The standard InChI is InChI=1S/C18H12FN3O2S2/c19-11-5-3-10(4-6-11)12-8-25-17-15(12)16(24)21-18(22-17)26-9-14(23)13-2-1-7-20-13/h1-8,20H,9H2,(H,21,22,24). The van der Waals surface area contributed by atoms with Crippen LogP contribution < -0.4 is 5.56 Å². The molecule has 0 saturated carbocycles. The van der Waals surface area contributed by atoms with Crippen molar-refractivity contribution in [3.05, 3.63) is 69.8 Å². The van der Waals surface area contributed by atoms with Gasteiger partial charge in [0, 0.05) is 17.1 Å². The van der Waals surface area contributed by atoms with Gasteiger partial charge in [0.2, 0.25) is 0 Å². The van der Waals surface area contributed by atoms with Gasteiger partial charge in [-0.15, -0.1) is 11.3 Å². The molecular formula is C18H12FN3O2S2. The lowest BCUT2D eigenvalue weighted by Gasteiger charge is -2.02. The highest BCUT2D eigenvalue weighted by atomic mass is 32.2. The van der Waals surface area contributed by atoms with Gasteiger partial charge in [0.15, 0.2) is 10.9 Å². The Morgan fingerprint density at radius 2 is 2.04 bits per heavy atom. The third kappa shape index (κ3) is 3.21. The lowest BCUT2D eigenvalue weighted by Crippen LogP contribution is -2.10. The number of Topliss-reactive ketones (excluding diaryl/α,β-unsaturated/α-hetero) is 1. The van der Waals surface area contributed by atoms with Crippen molar-refractivity contribution < 1.29 is 9.18 Å². The Balaban J connectivity index is 1.62. The fourth-order valence-corrected chi connectivity index (χ4v) is 4.30. The minimum Gasteiger partial charge on any atom is -0.359 e. The van der Waals surface area contributed by atoms with Crippen LogP contribution in [0.2, 0.25) is 0 Å². The summed E-state index contributed by atoms with van der Waals surface area (Å²) in [5.74, 6) is -0.225. The average molecular weight is 385 g/mol. The molecule has 0 fully saturated rings. The number of nitrogens with zero attached hydrogens (tertiary/aromatic N) is 1. The van der Waals surface area contributed by atoms with Crippen LogP contribution in [0.3, 0.4) is 0 Å². The maximum atomic E-state index is 13.1. The van der Waals surface area contributed by atoms with Crippen LogP contribution in [-0.4, -0.2) is 26.5 Å². The molecule has 0 bridgehead atoms. The number of carbonyl (C=O) groups is 1. The van der Waals surface area contributed by atoms with Gasteiger partial charge in [0.25, 0.3) is 5.56 Å². The van der Waals surface area contributed by atoms with E-state index in [9.17, 15) is 14.0 Å². The highest BCUT2D eigenvalue weighted by Gasteiger charge is 2.14. The SMILES string of the molecule is O=C(CSc1nc2scc(-c3ccc(F)cc3)c2c(=O)[nH]1)c1ccc[nH]1. The van der Waals surface area contributed by atoms with Crippen molar-refractivity contribution in [2.45, 2.75) is 5.16 Å². The summed E-state index contributed by atoms with van der Waals surface area (Å²) in [6, 6.07) is 9.44. The van der Waals surface area contributed by atoms with Crippen molar-refractivity contribution in [3.8, 4) is 11.1 Å². The molecule has 3 aromatic heterocycles. The zero-order valence-corrected chi connectivity index (χ0v) is 14.9. The summed E-state index contributed by atoms with van der Waals surface area (Å²) in [5.41, 5.74) is 1.73. The van der Waals surface area contributed by atoms with Gasteiger partial charge in [-0.3, -0.25) is 9.59 Å². The van der Waals surface area contributed by atoms with Crippen LogP contribution in [0.15, 0.2) is 57.9 Å². The number of H-pyrrole nitrogens is 2. The van der Waals surface area contributed by atoms with Gasteiger partial charge in [0.1, 0.15) is 10.6 Å². The molecule has 0 unspecified atom stereocenters.